The van der Waals surface area contributed by atoms with Gasteiger partial charge >= 0.3 is 5.97 Å². The molecule has 0 spiro atoms. The van der Waals surface area contributed by atoms with Gasteiger partial charge in [0.1, 0.15) is 0 Å². The number of allylic oxidation sites excluding steroid dienone is 1. The van der Waals surface area contributed by atoms with E-state index in [1.165, 1.54) is 7.11 Å². The Morgan fingerprint density at radius 1 is 1.70 bits per heavy atom. The van der Waals surface area contributed by atoms with Crippen LogP contribution in [0, 0.1) is 5.92 Å². The third kappa shape index (κ3) is 3.28. The van der Waals surface area contributed by atoms with E-state index in [0.29, 0.717) is 0 Å². The Labute approximate surface area is 61.9 Å². The van der Waals surface area contributed by atoms with Crippen LogP contribution in [-0.2, 0) is 9.53 Å². The van der Waals surface area contributed by atoms with Crippen molar-refractivity contribution < 1.29 is 9.53 Å². The fourth-order valence-corrected chi connectivity index (χ4v) is 0.605. The first-order valence-corrected chi connectivity index (χ1v) is 3.46. The van der Waals surface area contributed by atoms with Crippen molar-refractivity contribution in [2.75, 3.05) is 7.11 Å². The highest BCUT2D eigenvalue weighted by atomic mass is 16.5. The molecular weight excluding hydrogens is 128 g/mol. The van der Waals surface area contributed by atoms with Gasteiger partial charge in [0.15, 0.2) is 0 Å². The number of ether oxygens (including phenoxy) is 1. The number of rotatable bonds is 3. The molecule has 0 saturated heterocycles. The van der Waals surface area contributed by atoms with E-state index in [4.69, 9.17) is 0 Å². The molecule has 58 valence electrons. The van der Waals surface area contributed by atoms with Crippen LogP contribution in [0.3, 0.4) is 0 Å². The molecule has 2 heteroatoms. The molecule has 0 aliphatic carbocycles. The number of methoxy groups -OCH3 is 1. The molecule has 0 aromatic rings. The van der Waals surface area contributed by atoms with E-state index in [1.807, 2.05) is 26.0 Å². The summed E-state index contributed by atoms with van der Waals surface area (Å²) in [6.45, 7) is 3.85. The first kappa shape index (κ1) is 9.21. The van der Waals surface area contributed by atoms with Crippen molar-refractivity contribution in [1.82, 2.24) is 0 Å². The molecule has 0 fully saturated rings. The van der Waals surface area contributed by atoms with Crippen LogP contribution in [0.25, 0.3) is 0 Å². The molecule has 0 rings (SSSR count). The zero-order valence-electron chi connectivity index (χ0n) is 6.76. The number of hydrogen-bond donors (Lipinski definition) is 0. The quantitative estimate of drug-likeness (QED) is 0.443. The lowest BCUT2D eigenvalue weighted by Crippen LogP contribution is -2.09. The Bertz CT molecular complexity index is 127. The number of carbonyl (C=O) groups is 1. The van der Waals surface area contributed by atoms with Gasteiger partial charge in [0, 0.05) is 0 Å². The van der Waals surface area contributed by atoms with Crippen molar-refractivity contribution >= 4 is 5.97 Å². The van der Waals surface area contributed by atoms with Crippen molar-refractivity contribution in [3.05, 3.63) is 12.2 Å². The highest BCUT2D eigenvalue weighted by Crippen LogP contribution is 1.99. The van der Waals surface area contributed by atoms with E-state index in [-0.39, 0.29) is 11.9 Å². The molecule has 0 amide bonds. The van der Waals surface area contributed by atoms with Crippen molar-refractivity contribution in [2.45, 2.75) is 20.3 Å². The Balaban J connectivity index is 3.72. The van der Waals surface area contributed by atoms with Gasteiger partial charge in [-0.3, -0.25) is 4.79 Å². The Morgan fingerprint density at radius 3 is 2.70 bits per heavy atom. The molecule has 2 nitrogen and oxygen atoms in total. The van der Waals surface area contributed by atoms with Gasteiger partial charge in [0.2, 0.25) is 0 Å². The summed E-state index contributed by atoms with van der Waals surface area (Å²) in [6, 6.07) is 0. The molecule has 1 unspecified atom stereocenters. The summed E-state index contributed by atoms with van der Waals surface area (Å²) in [5.74, 6) is -0.283. The van der Waals surface area contributed by atoms with Gasteiger partial charge in [-0.15, -0.1) is 0 Å². The zero-order chi connectivity index (χ0) is 7.98. The lowest BCUT2D eigenvalue weighted by atomic mass is 10.1. The largest absolute Gasteiger partial charge is 0.469 e. The molecule has 0 aliphatic heterocycles. The molecule has 0 aliphatic rings. The first-order chi connectivity index (χ1) is 4.72. The Hall–Kier alpha value is -0.790. The van der Waals surface area contributed by atoms with Crippen molar-refractivity contribution in [2.24, 2.45) is 5.92 Å². The van der Waals surface area contributed by atoms with Gasteiger partial charge < -0.3 is 4.74 Å². The van der Waals surface area contributed by atoms with E-state index < -0.39 is 0 Å². The topological polar surface area (TPSA) is 26.3 Å². The van der Waals surface area contributed by atoms with Gasteiger partial charge in [0.25, 0.3) is 0 Å². The number of carbonyl (C=O) groups excluding carboxylic acids is 1. The second-order valence-corrected chi connectivity index (χ2v) is 2.15. The summed E-state index contributed by atoms with van der Waals surface area (Å²) in [4.78, 5) is 10.7. The predicted molar refractivity (Wildman–Crippen MR) is 40.6 cm³/mol. The van der Waals surface area contributed by atoms with Gasteiger partial charge in [0.05, 0.1) is 13.0 Å². The van der Waals surface area contributed by atoms with Crippen LogP contribution >= 0.6 is 0 Å². The summed E-state index contributed by atoms with van der Waals surface area (Å²) in [7, 11) is 1.40. The SMILES string of the molecule is CC/C=C/C(C)C(=O)OC. The third-order valence-corrected chi connectivity index (χ3v) is 1.23. The van der Waals surface area contributed by atoms with E-state index in [0.717, 1.165) is 6.42 Å². The Morgan fingerprint density at radius 2 is 2.30 bits per heavy atom. The van der Waals surface area contributed by atoms with Crippen LogP contribution in [0.2, 0.25) is 0 Å². The summed E-state index contributed by atoms with van der Waals surface area (Å²) in [6.07, 6.45) is 4.77. The Kier molecular flexibility index (Phi) is 4.63. The van der Waals surface area contributed by atoms with Crippen molar-refractivity contribution in [3.8, 4) is 0 Å². The molecule has 10 heavy (non-hydrogen) atoms. The maximum atomic E-state index is 10.7. The lowest BCUT2D eigenvalue weighted by Gasteiger charge is -2.01. The molecule has 0 N–H and O–H groups in total. The number of hydrogen-bond acceptors (Lipinski definition) is 2. The van der Waals surface area contributed by atoms with Crippen LogP contribution < -0.4 is 0 Å². The number of esters is 1. The summed E-state index contributed by atoms with van der Waals surface area (Å²) in [5.41, 5.74) is 0. The second-order valence-electron chi connectivity index (χ2n) is 2.15. The van der Waals surface area contributed by atoms with Crippen LogP contribution in [0.1, 0.15) is 20.3 Å². The fourth-order valence-electron chi connectivity index (χ4n) is 0.605. The molecule has 0 bridgehead atoms. The summed E-state index contributed by atoms with van der Waals surface area (Å²) < 4.78 is 4.52. The lowest BCUT2D eigenvalue weighted by molar-refractivity contribution is -0.143. The molecular formula is C8H14O2. The van der Waals surface area contributed by atoms with E-state index >= 15 is 0 Å². The van der Waals surface area contributed by atoms with E-state index in [1.54, 1.807) is 0 Å². The monoisotopic (exact) mass is 142 g/mol. The predicted octanol–water partition coefficient (Wildman–Crippen LogP) is 1.76. The van der Waals surface area contributed by atoms with Crippen molar-refractivity contribution in [3.63, 3.8) is 0 Å². The molecule has 0 heterocycles. The highest BCUT2D eigenvalue weighted by molar-refractivity contribution is 5.73. The standard InChI is InChI=1S/C8H14O2/c1-4-5-6-7(2)8(9)10-3/h5-7H,4H2,1-3H3/b6-5+. The fraction of sp³-hybridized carbons (Fsp3) is 0.625. The third-order valence-electron chi connectivity index (χ3n) is 1.23. The summed E-state index contributed by atoms with van der Waals surface area (Å²) >= 11 is 0. The van der Waals surface area contributed by atoms with Crippen LogP contribution in [0.5, 0.6) is 0 Å². The van der Waals surface area contributed by atoms with Crippen LogP contribution in [0.4, 0.5) is 0 Å². The minimum absolute atomic E-state index is 0.107. The maximum absolute atomic E-state index is 10.7. The van der Waals surface area contributed by atoms with Gasteiger partial charge in [-0.2, -0.15) is 0 Å². The molecule has 0 aromatic carbocycles. The van der Waals surface area contributed by atoms with Crippen LogP contribution in [-0.4, -0.2) is 13.1 Å². The summed E-state index contributed by atoms with van der Waals surface area (Å²) in [5, 5.41) is 0. The molecule has 0 radical (unpaired) electrons. The molecule has 0 saturated carbocycles. The minimum Gasteiger partial charge on any atom is -0.469 e. The van der Waals surface area contributed by atoms with E-state index in [2.05, 4.69) is 4.74 Å². The molecule has 0 aromatic heterocycles. The first-order valence-electron chi connectivity index (χ1n) is 3.46. The average Bonchev–Trinajstić information content (AvgIpc) is 1.98. The highest BCUT2D eigenvalue weighted by Gasteiger charge is 2.06. The average molecular weight is 142 g/mol. The van der Waals surface area contributed by atoms with E-state index in [9.17, 15) is 4.79 Å². The minimum atomic E-state index is -0.176. The molecule has 1 atom stereocenters. The van der Waals surface area contributed by atoms with Gasteiger partial charge in [-0.25, -0.2) is 0 Å². The van der Waals surface area contributed by atoms with Gasteiger partial charge in [-0.1, -0.05) is 19.1 Å². The van der Waals surface area contributed by atoms with Gasteiger partial charge in [-0.05, 0) is 13.3 Å². The maximum Gasteiger partial charge on any atom is 0.312 e. The second kappa shape index (κ2) is 5.03. The van der Waals surface area contributed by atoms with Crippen molar-refractivity contribution in [1.29, 1.82) is 0 Å². The normalized spacial score (nSPS) is 13.5. The smallest absolute Gasteiger partial charge is 0.312 e. The zero-order valence-corrected chi connectivity index (χ0v) is 6.76. The van der Waals surface area contributed by atoms with Crippen LogP contribution in [0.15, 0.2) is 12.2 Å².